The summed E-state index contributed by atoms with van der Waals surface area (Å²) < 4.78 is 543. The lowest BCUT2D eigenvalue weighted by Gasteiger charge is -2.44. The van der Waals surface area contributed by atoms with E-state index < -0.39 is 151 Å². The van der Waals surface area contributed by atoms with Gasteiger partial charge in [-0.15, -0.1) is 0 Å². The van der Waals surface area contributed by atoms with Gasteiger partial charge in [0.15, 0.2) is 0 Å². The molecule has 3 nitrogen and oxygen atoms in total. The summed E-state index contributed by atoms with van der Waals surface area (Å²) in [7, 11) is 0. The predicted molar refractivity (Wildman–Crippen MR) is 137 cm³/mol. The lowest BCUT2D eigenvalue weighted by Crippen LogP contribution is -2.77. The predicted octanol–water partition coefficient (Wildman–Crippen LogP) is 13.6. The molecule has 0 aliphatic carbocycles. The number of hydrogen-bond donors (Lipinski definition) is 3. The molecule has 0 saturated carbocycles. The molecule has 438 valence electrons. The van der Waals surface area contributed by atoms with Gasteiger partial charge in [0.1, 0.15) is 12.2 Å². The molecule has 0 saturated heterocycles. The SMILES string of the molecule is CC(O)C(F)(F)C(F)(F)C(F)(F)C(F)(F)C(F)(F)C(F)(F)C(F)(F)C(F)(F)C(F)(F)C(F)(F)F.CC(O)C(F)(F)C(F)(F)C(F)(F)C(F)(F)C(F)(F)C(F)(F)C(F)(F)F.OCCC(F)(F)C(F)(F)C(F)(F)F. The molecule has 2 atom stereocenters. The van der Waals surface area contributed by atoms with Crippen molar-refractivity contribution in [1.29, 1.82) is 0 Å². The van der Waals surface area contributed by atoms with Crippen LogP contribution in [-0.2, 0) is 0 Å². The van der Waals surface area contributed by atoms with Crippen LogP contribution in [0.4, 0.5) is 189 Å². The van der Waals surface area contributed by atoms with Crippen LogP contribution in [0.15, 0.2) is 0 Å². The van der Waals surface area contributed by atoms with Crippen LogP contribution < -0.4 is 0 Å². The smallest absolute Gasteiger partial charge is 0.396 e. The van der Waals surface area contributed by atoms with Crippen molar-refractivity contribution in [2.45, 2.75) is 152 Å². The van der Waals surface area contributed by atoms with Gasteiger partial charge < -0.3 is 15.3 Å². The van der Waals surface area contributed by atoms with E-state index in [-0.39, 0.29) is 6.92 Å². The van der Waals surface area contributed by atoms with E-state index in [0.29, 0.717) is 0 Å². The highest BCUT2D eigenvalue weighted by atomic mass is 19.5. The third-order valence-corrected chi connectivity index (χ3v) is 8.18. The average Bonchev–Trinajstić information content (AvgIpc) is 3.12. The zero-order valence-corrected chi connectivity index (χ0v) is 32.2. The minimum Gasteiger partial charge on any atom is -0.396 e. The Bertz CT molecular complexity index is 1780. The van der Waals surface area contributed by atoms with Crippen LogP contribution in [0.25, 0.3) is 0 Å². The Hall–Kier alpha value is -3.13. The second-order valence-corrected chi connectivity index (χ2v) is 13.3. The van der Waals surface area contributed by atoms with Crippen molar-refractivity contribution in [1.82, 2.24) is 0 Å². The van der Waals surface area contributed by atoms with E-state index in [4.69, 9.17) is 15.3 Å². The van der Waals surface area contributed by atoms with Crippen molar-refractivity contribution in [3.05, 3.63) is 0 Å². The lowest BCUT2D eigenvalue weighted by molar-refractivity contribution is -0.475. The molecule has 0 aromatic carbocycles. The molecule has 0 amide bonds. The van der Waals surface area contributed by atoms with Crippen molar-refractivity contribution >= 4 is 0 Å². The zero-order chi connectivity index (χ0) is 60.6. The molecule has 46 heteroatoms. The second kappa shape index (κ2) is 19.5. The molecular formula is C26H15F43O3. The van der Waals surface area contributed by atoms with Gasteiger partial charge >= 0.3 is 119 Å². The Morgan fingerprint density at radius 3 is 0.500 bits per heavy atom. The van der Waals surface area contributed by atoms with Gasteiger partial charge in [-0.25, -0.2) is 0 Å². The van der Waals surface area contributed by atoms with E-state index in [1.165, 1.54) is 0 Å². The summed E-state index contributed by atoms with van der Waals surface area (Å²) in [6.45, 7) is -2.42. The van der Waals surface area contributed by atoms with Gasteiger partial charge in [-0.05, 0) is 13.8 Å². The second-order valence-electron chi connectivity index (χ2n) is 13.3. The van der Waals surface area contributed by atoms with E-state index in [9.17, 15) is 189 Å². The third kappa shape index (κ3) is 10.5. The fourth-order valence-corrected chi connectivity index (χ4v) is 3.58. The fraction of sp³-hybridized carbons (Fsp3) is 1.00. The molecule has 0 rings (SSSR count). The van der Waals surface area contributed by atoms with Crippen LogP contribution >= 0.6 is 0 Å². The summed E-state index contributed by atoms with van der Waals surface area (Å²) >= 11 is 0. The molecule has 0 bridgehead atoms. The monoisotopic (exact) mass is 1190 g/mol. The Morgan fingerprint density at radius 1 is 0.236 bits per heavy atom. The number of alkyl halides is 43. The molecule has 0 radical (unpaired) electrons. The maximum Gasteiger partial charge on any atom is 0.460 e. The van der Waals surface area contributed by atoms with Crippen molar-refractivity contribution in [3.63, 3.8) is 0 Å². The number of hydrogen-bond acceptors (Lipinski definition) is 3. The molecule has 0 aliphatic rings. The molecule has 0 fully saturated rings. The van der Waals surface area contributed by atoms with E-state index in [1.807, 2.05) is 0 Å². The van der Waals surface area contributed by atoms with Crippen LogP contribution in [0.5, 0.6) is 0 Å². The standard InChI is InChI=1S/C12H5F21O.C9H5F15O.C5H5F7O/c1-2(34)3(13,14)4(15,16)5(17,18)6(19,20)7(21,22)8(23,24)9(25,26)10(27,28)11(29,30)12(31,32)33;1-2(25)3(10,11)4(12,13)5(14,15)6(16,17)7(18,19)8(20,21)9(22,23)24;6-3(7,1-2-13)4(8,9)5(10,11)12/h2,34H,1H3;2,25H,1H3;13H,1-2H2. The zero-order valence-electron chi connectivity index (χ0n) is 32.2. The first kappa shape index (κ1) is 73.1. The van der Waals surface area contributed by atoms with Crippen LogP contribution in [-0.4, -0.2) is 153 Å². The molecule has 0 heterocycles. The Morgan fingerprint density at radius 2 is 0.375 bits per heavy atom. The third-order valence-electron chi connectivity index (χ3n) is 8.18. The first-order valence-electron chi connectivity index (χ1n) is 15.8. The molecule has 0 aromatic rings. The molecule has 0 spiro atoms. The molecule has 0 aliphatic heterocycles. The summed E-state index contributed by atoms with van der Waals surface area (Å²) in [4.78, 5) is 0. The first-order valence-corrected chi connectivity index (χ1v) is 15.8. The quantitative estimate of drug-likeness (QED) is 0.120. The van der Waals surface area contributed by atoms with Gasteiger partial charge in [-0.3, -0.25) is 0 Å². The summed E-state index contributed by atoms with van der Waals surface area (Å²) in [5, 5.41) is 24.3. The average molecular weight is 1190 g/mol. The number of aliphatic hydroxyl groups excluding tert-OH is 3. The summed E-state index contributed by atoms with van der Waals surface area (Å²) in [6.07, 6.45) is -32.0. The molecule has 72 heavy (non-hydrogen) atoms. The normalized spacial score (nSPS) is 17.2. The molecule has 0 aromatic heterocycles. The highest BCUT2D eigenvalue weighted by molar-refractivity contribution is 5.18. The summed E-state index contributed by atoms with van der Waals surface area (Å²) in [6, 6.07) is 0. The van der Waals surface area contributed by atoms with Crippen LogP contribution in [0.1, 0.15) is 20.3 Å². The summed E-state index contributed by atoms with van der Waals surface area (Å²) in [5.41, 5.74) is 0. The van der Waals surface area contributed by atoms with Gasteiger partial charge in [0.05, 0.1) is 0 Å². The van der Waals surface area contributed by atoms with Crippen LogP contribution in [0.2, 0.25) is 0 Å². The van der Waals surface area contributed by atoms with Gasteiger partial charge in [-0.1, -0.05) is 0 Å². The maximum atomic E-state index is 13.4. The van der Waals surface area contributed by atoms with Crippen LogP contribution in [0, 0.1) is 0 Å². The molecule has 2 unspecified atom stereocenters. The van der Waals surface area contributed by atoms with Crippen molar-refractivity contribution in [3.8, 4) is 0 Å². The van der Waals surface area contributed by atoms with Crippen LogP contribution in [0.3, 0.4) is 0 Å². The summed E-state index contributed by atoms with van der Waals surface area (Å²) in [5.74, 6) is -136. The van der Waals surface area contributed by atoms with Crippen molar-refractivity contribution in [2.24, 2.45) is 0 Å². The van der Waals surface area contributed by atoms with Gasteiger partial charge in [-0.2, -0.15) is 189 Å². The Labute approximate surface area is 363 Å². The highest BCUT2D eigenvalue weighted by Crippen LogP contribution is 2.67. The van der Waals surface area contributed by atoms with Gasteiger partial charge in [0, 0.05) is 13.0 Å². The van der Waals surface area contributed by atoms with Crippen molar-refractivity contribution in [2.75, 3.05) is 6.61 Å². The highest BCUT2D eigenvalue weighted by Gasteiger charge is 2.98. The Kier molecular flexibility index (Phi) is 19.8. The first-order chi connectivity index (χ1) is 30.2. The molecule has 3 N–H and O–H groups in total. The lowest BCUT2D eigenvalue weighted by atomic mass is 9.85. The van der Waals surface area contributed by atoms with Gasteiger partial charge in [0.2, 0.25) is 0 Å². The van der Waals surface area contributed by atoms with Gasteiger partial charge in [0.25, 0.3) is 0 Å². The van der Waals surface area contributed by atoms with E-state index in [0.717, 1.165) is 0 Å². The Balaban J connectivity index is -0.00000109. The number of rotatable bonds is 18. The van der Waals surface area contributed by atoms with Crippen molar-refractivity contribution < 1.29 is 204 Å². The topological polar surface area (TPSA) is 60.7 Å². The minimum atomic E-state index is -9.19. The van der Waals surface area contributed by atoms with E-state index in [1.54, 1.807) is 0 Å². The minimum absolute atomic E-state index is 0.384. The number of aliphatic hydroxyl groups is 3. The molecular weight excluding hydrogens is 1180 g/mol. The fourth-order valence-electron chi connectivity index (χ4n) is 3.58. The van der Waals surface area contributed by atoms with E-state index in [2.05, 4.69) is 0 Å². The maximum absolute atomic E-state index is 13.4. The number of halogens is 43. The van der Waals surface area contributed by atoms with E-state index >= 15 is 0 Å². The largest absolute Gasteiger partial charge is 0.460 e.